The zero-order chi connectivity index (χ0) is 18.2. The maximum atomic E-state index is 12.3. The minimum absolute atomic E-state index is 0.0837. The number of rotatable bonds is 8. The summed E-state index contributed by atoms with van der Waals surface area (Å²) in [4.78, 5) is 28.1. The summed E-state index contributed by atoms with van der Waals surface area (Å²) in [5.74, 6) is 0.214. The number of amides is 2. The van der Waals surface area contributed by atoms with E-state index in [9.17, 15) is 9.59 Å². The molecule has 1 aromatic carbocycles. The maximum Gasteiger partial charge on any atom is 0.249 e. The highest BCUT2D eigenvalue weighted by Crippen LogP contribution is 2.28. The lowest BCUT2D eigenvalue weighted by Crippen LogP contribution is -2.24. The fourth-order valence-corrected chi connectivity index (χ4v) is 2.22. The van der Waals surface area contributed by atoms with Crippen molar-refractivity contribution >= 4 is 23.2 Å². The first-order chi connectivity index (χ1) is 12.0. The number of unbranched alkanes of at least 4 members (excludes halogenated alkanes) is 1. The monoisotopic (exact) mass is 345 g/mol. The molecule has 0 aliphatic rings. The van der Waals surface area contributed by atoms with Gasteiger partial charge in [-0.25, -0.2) is 9.67 Å². The Morgan fingerprint density at radius 3 is 2.76 bits per heavy atom. The summed E-state index contributed by atoms with van der Waals surface area (Å²) in [6.45, 7) is 3.75. The van der Waals surface area contributed by atoms with Gasteiger partial charge in [0.15, 0.2) is 0 Å². The van der Waals surface area contributed by atoms with Gasteiger partial charge in [-0.15, -0.1) is 0 Å². The van der Waals surface area contributed by atoms with Gasteiger partial charge in [-0.1, -0.05) is 13.3 Å². The molecule has 0 aliphatic heterocycles. The number of hydrogen-bond donors (Lipinski definition) is 2. The van der Waals surface area contributed by atoms with E-state index in [0.29, 0.717) is 23.5 Å². The molecule has 0 aliphatic carbocycles. The Bertz CT molecular complexity index is 715. The smallest absolute Gasteiger partial charge is 0.249 e. The van der Waals surface area contributed by atoms with Crippen molar-refractivity contribution in [2.75, 3.05) is 17.7 Å². The van der Waals surface area contributed by atoms with Crippen LogP contribution in [0.2, 0.25) is 0 Å². The number of methoxy groups -OCH3 is 1. The van der Waals surface area contributed by atoms with Crippen LogP contribution in [-0.2, 0) is 9.59 Å². The van der Waals surface area contributed by atoms with Gasteiger partial charge in [0.1, 0.15) is 24.4 Å². The molecule has 2 aromatic rings. The van der Waals surface area contributed by atoms with Crippen molar-refractivity contribution in [2.45, 2.75) is 39.2 Å². The molecule has 8 nitrogen and oxygen atoms in total. The van der Waals surface area contributed by atoms with E-state index in [1.165, 1.54) is 24.4 Å². The quantitative estimate of drug-likeness (QED) is 0.766. The zero-order valence-corrected chi connectivity index (χ0v) is 14.7. The number of carbonyl (C=O) groups is 2. The van der Waals surface area contributed by atoms with Crippen molar-refractivity contribution in [3.05, 3.63) is 30.9 Å². The van der Waals surface area contributed by atoms with Crippen molar-refractivity contribution in [2.24, 2.45) is 0 Å². The largest absolute Gasteiger partial charge is 0.495 e. The SMILES string of the molecule is CCCCC(=O)Nc1cc(NC(=O)[C@@H](C)n2cncn2)ccc1OC. The zero-order valence-electron chi connectivity index (χ0n) is 14.7. The second-order valence-electron chi connectivity index (χ2n) is 5.61. The van der Waals surface area contributed by atoms with Crippen molar-refractivity contribution in [1.82, 2.24) is 14.8 Å². The molecule has 25 heavy (non-hydrogen) atoms. The Hall–Kier alpha value is -2.90. The van der Waals surface area contributed by atoms with Gasteiger partial charge >= 0.3 is 0 Å². The molecular weight excluding hydrogens is 322 g/mol. The highest BCUT2D eigenvalue weighted by Gasteiger charge is 2.16. The van der Waals surface area contributed by atoms with Crippen molar-refractivity contribution in [3.63, 3.8) is 0 Å². The molecule has 0 bridgehead atoms. The average molecular weight is 345 g/mol. The van der Waals surface area contributed by atoms with Crippen LogP contribution in [0.25, 0.3) is 0 Å². The van der Waals surface area contributed by atoms with Crippen molar-refractivity contribution in [3.8, 4) is 5.75 Å². The summed E-state index contributed by atoms with van der Waals surface area (Å²) >= 11 is 0. The highest BCUT2D eigenvalue weighted by molar-refractivity contribution is 5.96. The average Bonchev–Trinajstić information content (AvgIpc) is 3.14. The minimum atomic E-state index is -0.507. The Labute approximate surface area is 146 Å². The molecule has 2 rings (SSSR count). The first-order valence-corrected chi connectivity index (χ1v) is 8.18. The molecule has 134 valence electrons. The topological polar surface area (TPSA) is 98.1 Å². The van der Waals surface area contributed by atoms with E-state index in [1.807, 2.05) is 6.92 Å². The third-order valence-corrected chi connectivity index (χ3v) is 3.71. The van der Waals surface area contributed by atoms with Crippen LogP contribution in [0.5, 0.6) is 5.75 Å². The van der Waals surface area contributed by atoms with Gasteiger partial charge in [-0.2, -0.15) is 5.10 Å². The highest BCUT2D eigenvalue weighted by atomic mass is 16.5. The summed E-state index contributed by atoms with van der Waals surface area (Å²) in [7, 11) is 1.53. The summed E-state index contributed by atoms with van der Waals surface area (Å²) in [6.07, 6.45) is 5.07. The van der Waals surface area contributed by atoms with Gasteiger partial charge < -0.3 is 15.4 Å². The van der Waals surface area contributed by atoms with E-state index < -0.39 is 6.04 Å². The Kier molecular flexibility index (Phi) is 6.50. The van der Waals surface area contributed by atoms with Gasteiger partial charge in [0.25, 0.3) is 0 Å². The van der Waals surface area contributed by atoms with Gasteiger partial charge in [0.2, 0.25) is 11.8 Å². The lowest BCUT2D eigenvalue weighted by atomic mass is 10.2. The van der Waals surface area contributed by atoms with Crippen LogP contribution < -0.4 is 15.4 Å². The molecule has 2 amide bonds. The van der Waals surface area contributed by atoms with Crippen LogP contribution in [-0.4, -0.2) is 33.7 Å². The van der Waals surface area contributed by atoms with Gasteiger partial charge in [-0.3, -0.25) is 9.59 Å². The van der Waals surface area contributed by atoms with E-state index in [1.54, 1.807) is 25.1 Å². The van der Waals surface area contributed by atoms with Crippen LogP contribution in [0.1, 0.15) is 39.2 Å². The van der Waals surface area contributed by atoms with E-state index in [0.717, 1.165) is 12.8 Å². The van der Waals surface area contributed by atoms with Gasteiger partial charge in [0, 0.05) is 12.1 Å². The predicted octanol–water partition coefficient (Wildman–Crippen LogP) is 2.62. The summed E-state index contributed by atoms with van der Waals surface area (Å²) in [6, 6.07) is 4.58. The molecule has 0 fully saturated rings. The molecular formula is C17H23N5O3. The third kappa shape index (κ3) is 5.03. The summed E-state index contributed by atoms with van der Waals surface area (Å²) < 4.78 is 6.73. The van der Waals surface area contributed by atoms with Crippen LogP contribution in [0.3, 0.4) is 0 Å². The second-order valence-corrected chi connectivity index (χ2v) is 5.61. The number of anilines is 2. The number of hydrogen-bond acceptors (Lipinski definition) is 5. The molecule has 1 atom stereocenters. The molecule has 2 N–H and O–H groups in total. The summed E-state index contributed by atoms with van der Waals surface area (Å²) in [5, 5.41) is 9.59. The van der Waals surface area contributed by atoms with E-state index in [2.05, 4.69) is 20.7 Å². The Morgan fingerprint density at radius 1 is 1.32 bits per heavy atom. The minimum Gasteiger partial charge on any atom is -0.495 e. The molecule has 1 aromatic heterocycles. The molecule has 0 unspecified atom stereocenters. The number of nitrogens with zero attached hydrogens (tertiary/aromatic N) is 3. The number of ether oxygens (including phenoxy) is 1. The van der Waals surface area contributed by atoms with Gasteiger partial charge in [0.05, 0.1) is 12.8 Å². The predicted molar refractivity (Wildman–Crippen MR) is 94.5 cm³/mol. The van der Waals surface area contributed by atoms with E-state index >= 15 is 0 Å². The Balaban J connectivity index is 2.09. The van der Waals surface area contributed by atoms with Gasteiger partial charge in [-0.05, 0) is 31.5 Å². The van der Waals surface area contributed by atoms with Crippen LogP contribution >= 0.6 is 0 Å². The second kappa shape index (κ2) is 8.81. The van der Waals surface area contributed by atoms with Crippen LogP contribution in [0.15, 0.2) is 30.9 Å². The van der Waals surface area contributed by atoms with E-state index in [4.69, 9.17) is 4.74 Å². The molecule has 8 heteroatoms. The number of nitrogens with one attached hydrogen (secondary N) is 2. The normalized spacial score (nSPS) is 11.6. The molecule has 0 radical (unpaired) electrons. The fourth-order valence-electron chi connectivity index (χ4n) is 2.22. The third-order valence-electron chi connectivity index (χ3n) is 3.71. The van der Waals surface area contributed by atoms with Crippen LogP contribution in [0, 0.1) is 0 Å². The van der Waals surface area contributed by atoms with Crippen molar-refractivity contribution in [1.29, 1.82) is 0 Å². The molecule has 0 saturated heterocycles. The first kappa shape index (κ1) is 18.4. The molecule has 0 saturated carbocycles. The standard InChI is InChI=1S/C17H23N5O3/c1-4-5-6-16(23)21-14-9-13(7-8-15(14)25-3)20-17(24)12(2)22-11-18-10-19-22/h7-12H,4-6H2,1-3H3,(H,20,24)(H,21,23)/t12-/m1/s1. The van der Waals surface area contributed by atoms with Crippen molar-refractivity contribution < 1.29 is 14.3 Å². The molecule has 1 heterocycles. The number of carbonyl (C=O) groups excluding carboxylic acids is 2. The lowest BCUT2D eigenvalue weighted by molar-refractivity contribution is -0.119. The summed E-state index contributed by atoms with van der Waals surface area (Å²) in [5.41, 5.74) is 1.08. The Morgan fingerprint density at radius 2 is 2.12 bits per heavy atom. The van der Waals surface area contributed by atoms with Crippen LogP contribution in [0.4, 0.5) is 11.4 Å². The van der Waals surface area contributed by atoms with E-state index in [-0.39, 0.29) is 11.8 Å². The number of benzene rings is 1. The lowest BCUT2D eigenvalue weighted by Gasteiger charge is -2.15. The molecule has 0 spiro atoms. The fraction of sp³-hybridized carbons (Fsp3) is 0.412. The first-order valence-electron chi connectivity index (χ1n) is 8.18. The number of aromatic nitrogens is 3. The maximum absolute atomic E-state index is 12.3.